The van der Waals surface area contributed by atoms with E-state index in [1.54, 1.807) is 0 Å². The van der Waals surface area contributed by atoms with Crippen LogP contribution in [-0.4, -0.2) is 49.0 Å². The van der Waals surface area contributed by atoms with Crippen molar-refractivity contribution in [3.05, 3.63) is 35.4 Å². The van der Waals surface area contributed by atoms with Crippen LogP contribution in [0.1, 0.15) is 30.9 Å². The zero-order chi connectivity index (χ0) is 15.4. The van der Waals surface area contributed by atoms with Crippen molar-refractivity contribution in [2.45, 2.75) is 32.9 Å². The summed E-state index contributed by atoms with van der Waals surface area (Å²) in [5.74, 6) is 1.87. The Hall–Kier alpha value is -0.820. The molecule has 0 aromatic heterocycles. The molecule has 1 aromatic rings. The van der Waals surface area contributed by atoms with Crippen LogP contribution in [0.15, 0.2) is 29.3 Å². The van der Waals surface area contributed by atoms with Gasteiger partial charge in [-0.05, 0) is 36.4 Å². The first kappa shape index (κ1) is 18.5. The molecule has 0 aliphatic carbocycles. The summed E-state index contributed by atoms with van der Waals surface area (Å²) in [6, 6.07) is 9.03. The van der Waals surface area contributed by atoms with E-state index in [1.807, 2.05) is 0 Å². The van der Waals surface area contributed by atoms with Gasteiger partial charge in [-0.25, -0.2) is 0 Å². The molecule has 1 fully saturated rings. The number of aliphatic imine (C=N–C) groups is 1. The number of benzene rings is 1. The van der Waals surface area contributed by atoms with E-state index in [1.165, 1.54) is 37.1 Å². The highest BCUT2D eigenvalue weighted by atomic mass is 127. The first-order chi connectivity index (χ1) is 10.7. The van der Waals surface area contributed by atoms with Crippen LogP contribution in [-0.2, 0) is 13.1 Å². The lowest BCUT2D eigenvalue weighted by Gasteiger charge is -2.30. The van der Waals surface area contributed by atoms with Crippen molar-refractivity contribution >= 4 is 29.9 Å². The Morgan fingerprint density at radius 1 is 1.17 bits per heavy atom. The van der Waals surface area contributed by atoms with Gasteiger partial charge in [0, 0.05) is 33.2 Å². The van der Waals surface area contributed by atoms with Crippen LogP contribution >= 0.6 is 24.0 Å². The largest absolute Gasteiger partial charge is 0.352 e. The first-order valence-corrected chi connectivity index (χ1v) is 8.50. The maximum absolute atomic E-state index is 4.46. The smallest absolute Gasteiger partial charge is 0.194 e. The van der Waals surface area contributed by atoms with Crippen LogP contribution < -0.4 is 5.32 Å². The Kier molecular flexibility index (Phi) is 7.14. The minimum absolute atomic E-state index is 0. The first-order valence-electron chi connectivity index (χ1n) is 8.50. The van der Waals surface area contributed by atoms with Gasteiger partial charge in [-0.15, -0.1) is 24.0 Å². The van der Waals surface area contributed by atoms with Gasteiger partial charge < -0.3 is 10.2 Å². The van der Waals surface area contributed by atoms with Crippen molar-refractivity contribution in [2.24, 2.45) is 10.9 Å². The number of likely N-dealkylation sites (tertiary alicyclic amines) is 1. The standard InChI is InChI=1S/C18H28N4.HI/c1-15-4-3-10-22(13-15)14-17-7-5-16(6-8-17)12-20-18-19-9-11-21(18)2;/h5-8,15H,3-4,9-14H2,1-2H3,(H,19,20);1H. The SMILES string of the molecule is CC1CCCN(Cc2ccc(CNC3=NCCN3C)cc2)C1.I. The Morgan fingerprint density at radius 3 is 2.57 bits per heavy atom. The van der Waals surface area contributed by atoms with E-state index in [0.29, 0.717) is 0 Å². The summed E-state index contributed by atoms with van der Waals surface area (Å²) in [6.45, 7) is 8.73. The van der Waals surface area contributed by atoms with Gasteiger partial charge >= 0.3 is 0 Å². The maximum atomic E-state index is 4.46. The lowest BCUT2D eigenvalue weighted by molar-refractivity contribution is 0.176. The Balaban J connectivity index is 0.00000192. The lowest BCUT2D eigenvalue weighted by Crippen LogP contribution is -2.35. The Labute approximate surface area is 157 Å². The number of likely N-dealkylation sites (N-methyl/N-ethyl adjacent to an activating group) is 1. The normalized spacial score (nSPS) is 21.7. The summed E-state index contributed by atoms with van der Waals surface area (Å²) in [5.41, 5.74) is 2.74. The average molecular weight is 428 g/mol. The van der Waals surface area contributed by atoms with Crippen LogP contribution in [0.4, 0.5) is 0 Å². The van der Waals surface area contributed by atoms with Crippen molar-refractivity contribution in [3.8, 4) is 0 Å². The second-order valence-corrected chi connectivity index (χ2v) is 6.78. The molecule has 2 aliphatic rings. The molecule has 1 N–H and O–H groups in total. The number of piperidine rings is 1. The molecule has 1 saturated heterocycles. The van der Waals surface area contributed by atoms with Gasteiger partial charge in [0.15, 0.2) is 5.96 Å². The molecule has 1 unspecified atom stereocenters. The molecule has 5 heteroatoms. The summed E-state index contributed by atoms with van der Waals surface area (Å²) in [6.07, 6.45) is 2.73. The fraction of sp³-hybridized carbons (Fsp3) is 0.611. The monoisotopic (exact) mass is 428 g/mol. The lowest BCUT2D eigenvalue weighted by atomic mass is 9.99. The molecule has 2 heterocycles. The highest BCUT2D eigenvalue weighted by Gasteiger charge is 2.16. The number of guanidine groups is 1. The van der Waals surface area contributed by atoms with Crippen LogP contribution in [0.5, 0.6) is 0 Å². The third-order valence-electron chi connectivity index (χ3n) is 4.68. The zero-order valence-corrected chi connectivity index (χ0v) is 16.6. The number of hydrogen-bond acceptors (Lipinski definition) is 4. The summed E-state index contributed by atoms with van der Waals surface area (Å²) >= 11 is 0. The van der Waals surface area contributed by atoms with Crippen molar-refractivity contribution in [1.29, 1.82) is 0 Å². The molecule has 0 radical (unpaired) electrons. The zero-order valence-electron chi connectivity index (χ0n) is 14.3. The van der Waals surface area contributed by atoms with Gasteiger partial charge in [-0.1, -0.05) is 31.2 Å². The van der Waals surface area contributed by atoms with Crippen molar-refractivity contribution in [3.63, 3.8) is 0 Å². The highest BCUT2D eigenvalue weighted by Crippen LogP contribution is 2.18. The summed E-state index contributed by atoms with van der Waals surface area (Å²) < 4.78 is 0. The number of halogens is 1. The Morgan fingerprint density at radius 2 is 1.91 bits per heavy atom. The molecule has 0 spiro atoms. The van der Waals surface area contributed by atoms with Gasteiger partial charge in [0.1, 0.15) is 0 Å². The summed E-state index contributed by atoms with van der Waals surface area (Å²) in [4.78, 5) is 9.22. The van der Waals surface area contributed by atoms with Crippen molar-refractivity contribution in [2.75, 3.05) is 33.2 Å². The van der Waals surface area contributed by atoms with Gasteiger partial charge in [0.25, 0.3) is 0 Å². The van der Waals surface area contributed by atoms with E-state index in [-0.39, 0.29) is 24.0 Å². The van der Waals surface area contributed by atoms with E-state index in [2.05, 4.69) is 58.3 Å². The topological polar surface area (TPSA) is 30.9 Å². The van der Waals surface area contributed by atoms with Gasteiger partial charge in [0.2, 0.25) is 0 Å². The van der Waals surface area contributed by atoms with Crippen LogP contribution in [0.3, 0.4) is 0 Å². The Bertz CT molecular complexity index is 514. The van der Waals surface area contributed by atoms with Crippen molar-refractivity contribution < 1.29 is 0 Å². The van der Waals surface area contributed by atoms with Gasteiger partial charge in [-0.3, -0.25) is 9.89 Å². The molecular weight excluding hydrogens is 399 g/mol. The quantitative estimate of drug-likeness (QED) is 0.749. The van der Waals surface area contributed by atoms with E-state index >= 15 is 0 Å². The third-order valence-corrected chi connectivity index (χ3v) is 4.68. The minimum Gasteiger partial charge on any atom is -0.352 e. The number of nitrogens with one attached hydrogen (secondary N) is 1. The minimum atomic E-state index is 0. The predicted octanol–water partition coefficient (Wildman–Crippen LogP) is 2.93. The molecular formula is C18H29IN4. The number of rotatable bonds is 4. The fourth-order valence-corrected chi connectivity index (χ4v) is 3.36. The average Bonchev–Trinajstić information content (AvgIpc) is 2.92. The number of hydrogen-bond donors (Lipinski definition) is 1. The van der Waals surface area contributed by atoms with Crippen LogP contribution in [0.25, 0.3) is 0 Å². The van der Waals surface area contributed by atoms with Gasteiger partial charge in [-0.2, -0.15) is 0 Å². The molecule has 1 aromatic carbocycles. The van der Waals surface area contributed by atoms with Crippen LogP contribution in [0.2, 0.25) is 0 Å². The second kappa shape index (κ2) is 8.87. The van der Waals surface area contributed by atoms with Crippen molar-refractivity contribution in [1.82, 2.24) is 15.1 Å². The highest BCUT2D eigenvalue weighted by molar-refractivity contribution is 14.0. The molecule has 0 bridgehead atoms. The summed E-state index contributed by atoms with van der Waals surface area (Å²) in [5, 5.41) is 3.42. The molecule has 23 heavy (non-hydrogen) atoms. The molecule has 128 valence electrons. The molecule has 4 nitrogen and oxygen atoms in total. The predicted molar refractivity (Wildman–Crippen MR) is 107 cm³/mol. The molecule has 3 rings (SSSR count). The second-order valence-electron chi connectivity index (χ2n) is 6.78. The van der Waals surface area contributed by atoms with E-state index < -0.39 is 0 Å². The van der Waals surface area contributed by atoms with Crippen LogP contribution in [0, 0.1) is 5.92 Å². The molecule has 0 saturated carbocycles. The maximum Gasteiger partial charge on any atom is 0.194 e. The van der Waals surface area contributed by atoms with E-state index in [9.17, 15) is 0 Å². The van der Waals surface area contributed by atoms with E-state index in [4.69, 9.17) is 0 Å². The molecule has 0 amide bonds. The molecule has 1 atom stereocenters. The van der Waals surface area contributed by atoms with E-state index in [0.717, 1.165) is 38.1 Å². The summed E-state index contributed by atoms with van der Waals surface area (Å²) in [7, 11) is 2.08. The fourth-order valence-electron chi connectivity index (χ4n) is 3.36. The van der Waals surface area contributed by atoms with Gasteiger partial charge in [0.05, 0.1) is 6.54 Å². The third kappa shape index (κ3) is 5.35. The number of nitrogens with zero attached hydrogens (tertiary/aromatic N) is 3. The molecule has 2 aliphatic heterocycles.